The van der Waals surface area contributed by atoms with E-state index < -0.39 is 15.4 Å². The maximum atomic E-state index is 11.2. The molecule has 1 heterocycles. The molecule has 0 saturated carbocycles. The Morgan fingerprint density at radius 3 is 2.08 bits per heavy atom. The number of hydrogen-bond acceptors (Lipinski definition) is 2. The van der Waals surface area contributed by atoms with E-state index in [1.165, 1.54) is 0 Å². The lowest BCUT2D eigenvalue weighted by Gasteiger charge is -2.29. The van der Waals surface area contributed by atoms with Gasteiger partial charge < -0.3 is 4.85 Å². The molecule has 0 aromatic carbocycles. The predicted molar refractivity (Wildman–Crippen MR) is 52.1 cm³/mol. The van der Waals surface area contributed by atoms with E-state index in [0.717, 1.165) is 0 Å². The van der Waals surface area contributed by atoms with E-state index in [1.54, 1.807) is 0 Å². The first-order valence-electron chi connectivity index (χ1n) is 4.51. The molecule has 0 aromatic heterocycles. The van der Waals surface area contributed by atoms with Gasteiger partial charge in [-0.15, -0.1) is 0 Å². The molecule has 1 aliphatic rings. The fourth-order valence-corrected chi connectivity index (χ4v) is 3.24. The second-order valence-corrected chi connectivity index (χ2v) is 6.33. The fourth-order valence-electron chi connectivity index (χ4n) is 1.71. The first-order valence-corrected chi connectivity index (χ1v) is 6.33. The molecule has 0 bridgehead atoms. The predicted octanol–water partition coefficient (Wildman–Crippen LogP) is 1.51. The smallest absolute Gasteiger partial charge is 0.236 e. The van der Waals surface area contributed by atoms with E-state index in [9.17, 15) is 8.42 Å². The normalized spacial score (nSPS) is 25.4. The van der Waals surface area contributed by atoms with Crippen LogP contribution >= 0.6 is 0 Å². The van der Waals surface area contributed by atoms with Gasteiger partial charge in [-0.1, -0.05) is 13.8 Å². The topological polar surface area (TPSA) is 38.5 Å². The van der Waals surface area contributed by atoms with Crippen LogP contribution in [0.3, 0.4) is 0 Å². The molecule has 74 valence electrons. The van der Waals surface area contributed by atoms with Gasteiger partial charge >= 0.3 is 0 Å². The highest BCUT2D eigenvalue weighted by atomic mass is 32.2. The van der Waals surface area contributed by atoms with Gasteiger partial charge in [-0.2, -0.15) is 0 Å². The van der Waals surface area contributed by atoms with Gasteiger partial charge in [-0.25, -0.2) is 15.0 Å². The van der Waals surface area contributed by atoms with Crippen molar-refractivity contribution in [2.24, 2.45) is 5.92 Å². The molecule has 1 saturated heterocycles. The number of nitrogens with zero attached hydrogens (tertiary/aromatic N) is 1. The third kappa shape index (κ3) is 2.02. The van der Waals surface area contributed by atoms with Crippen molar-refractivity contribution in [1.82, 2.24) is 0 Å². The number of sulfone groups is 1. The molecule has 0 aliphatic carbocycles. The van der Waals surface area contributed by atoms with Crippen LogP contribution in [0.4, 0.5) is 0 Å². The summed E-state index contributed by atoms with van der Waals surface area (Å²) >= 11 is 0. The van der Waals surface area contributed by atoms with Crippen LogP contribution in [-0.2, 0) is 9.84 Å². The SMILES string of the molecule is [C-]#[N+]C1(C(C)C)CCS(=O)(=O)CC1. The molecule has 13 heavy (non-hydrogen) atoms. The molecule has 0 amide bonds. The molecule has 0 N–H and O–H groups in total. The first kappa shape index (κ1) is 10.5. The monoisotopic (exact) mass is 201 g/mol. The first-order chi connectivity index (χ1) is 5.92. The van der Waals surface area contributed by atoms with Crippen LogP contribution in [0.25, 0.3) is 4.85 Å². The highest BCUT2D eigenvalue weighted by Gasteiger charge is 2.45. The summed E-state index contributed by atoms with van der Waals surface area (Å²) in [5, 5.41) is 0. The molecular weight excluding hydrogens is 186 g/mol. The lowest BCUT2D eigenvalue weighted by atomic mass is 9.82. The van der Waals surface area contributed by atoms with Crippen LogP contribution in [0.1, 0.15) is 26.7 Å². The van der Waals surface area contributed by atoms with Gasteiger partial charge in [0, 0.05) is 18.8 Å². The molecule has 1 rings (SSSR count). The van der Waals surface area contributed by atoms with Gasteiger partial charge in [-0.3, -0.25) is 0 Å². The molecule has 0 atom stereocenters. The maximum absolute atomic E-state index is 11.2. The second-order valence-electron chi connectivity index (χ2n) is 4.02. The summed E-state index contributed by atoms with van der Waals surface area (Å²) in [4.78, 5) is 3.63. The van der Waals surface area contributed by atoms with E-state index in [0.29, 0.717) is 12.8 Å². The van der Waals surface area contributed by atoms with Gasteiger partial charge in [-0.05, 0) is 0 Å². The van der Waals surface area contributed by atoms with E-state index in [2.05, 4.69) is 4.85 Å². The highest BCUT2D eigenvalue weighted by Crippen LogP contribution is 2.34. The van der Waals surface area contributed by atoms with Gasteiger partial charge in [0.25, 0.3) is 0 Å². The van der Waals surface area contributed by atoms with Crippen molar-refractivity contribution in [3.63, 3.8) is 0 Å². The summed E-state index contributed by atoms with van der Waals surface area (Å²) in [5.74, 6) is 0.627. The van der Waals surface area contributed by atoms with E-state index in [-0.39, 0.29) is 17.4 Å². The standard InChI is InChI=1S/C9H15NO2S/c1-8(2)9(10-3)4-6-13(11,12)7-5-9/h8H,4-7H2,1-2H3. The Morgan fingerprint density at radius 1 is 1.31 bits per heavy atom. The quantitative estimate of drug-likeness (QED) is 0.603. The molecule has 4 heteroatoms. The third-order valence-corrected chi connectivity index (χ3v) is 4.64. The van der Waals surface area contributed by atoms with Gasteiger partial charge in [0.05, 0.1) is 11.5 Å². The van der Waals surface area contributed by atoms with Crippen molar-refractivity contribution < 1.29 is 8.42 Å². The highest BCUT2D eigenvalue weighted by molar-refractivity contribution is 7.91. The zero-order valence-corrected chi connectivity index (χ0v) is 8.89. The van der Waals surface area contributed by atoms with Crippen LogP contribution in [0, 0.1) is 12.5 Å². The summed E-state index contributed by atoms with van der Waals surface area (Å²) in [6, 6.07) is 0. The Balaban J connectivity index is 2.82. The van der Waals surface area contributed by atoms with Gasteiger partial charge in [0.15, 0.2) is 9.84 Å². The summed E-state index contributed by atoms with van der Waals surface area (Å²) in [6.45, 7) is 11.1. The van der Waals surface area contributed by atoms with Crippen LogP contribution < -0.4 is 0 Å². The van der Waals surface area contributed by atoms with Crippen LogP contribution in [-0.4, -0.2) is 25.5 Å². The molecule has 3 nitrogen and oxygen atoms in total. The summed E-state index contributed by atoms with van der Waals surface area (Å²) in [5.41, 5.74) is -0.411. The average Bonchev–Trinajstić information content (AvgIpc) is 2.05. The minimum absolute atomic E-state index is 0.188. The van der Waals surface area contributed by atoms with Gasteiger partial charge in [0.2, 0.25) is 5.54 Å². The minimum atomic E-state index is -2.84. The summed E-state index contributed by atoms with van der Waals surface area (Å²) in [6.07, 6.45) is 1.02. The van der Waals surface area contributed by atoms with E-state index in [1.807, 2.05) is 13.8 Å². The molecule has 0 aromatic rings. The Kier molecular flexibility index (Phi) is 2.67. The Labute approximate surface area is 79.9 Å². The Bertz CT molecular complexity index is 310. The van der Waals surface area contributed by atoms with E-state index >= 15 is 0 Å². The minimum Gasteiger partial charge on any atom is -0.310 e. The Hall–Kier alpha value is -0.560. The van der Waals surface area contributed by atoms with Crippen molar-refractivity contribution in [2.75, 3.05) is 11.5 Å². The molecular formula is C9H15NO2S. The molecule has 0 unspecified atom stereocenters. The van der Waals surface area contributed by atoms with Crippen molar-refractivity contribution in [3.8, 4) is 0 Å². The molecule has 1 aliphatic heterocycles. The largest absolute Gasteiger partial charge is 0.310 e. The van der Waals surface area contributed by atoms with Crippen LogP contribution in [0.15, 0.2) is 0 Å². The zero-order valence-electron chi connectivity index (χ0n) is 8.08. The van der Waals surface area contributed by atoms with E-state index in [4.69, 9.17) is 6.57 Å². The molecule has 1 fully saturated rings. The zero-order chi connectivity index (χ0) is 10.1. The van der Waals surface area contributed by atoms with Crippen LogP contribution in [0.5, 0.6) is 0 Å². The lowest BCUT2D eigenvalue weighted by molar-refractivity contribution is 0.337. The van der Waals surface area contributed by atoms with Crippen LogP contribution in [0.2, 0.25) is 0 Å². The summed E-state index contributed by atoms with van der Waals surface area (Å²) in [7, 11) is -2.84. The fraction of sp³-hybridized carbons (Fsp3) is 0.889. The maximum Gasteiger partial charge on any atom is 0.236 e. The van der Waals surface area contributed by atoms with Crippen molar-refractivity contribution >= 4 is 9.84 Å². The van der Waals surface area contributed by atoms with Gasteiger partial charge in [0.1, 0.15) is 0 Å². The second kappa shape index (κ2) is 3.30. The molecule has 0 spiro atoms. The number of rotatable bonds is 1. The number of hydrogen-bond donors (Lipinski definition) is 0. The lowest BCUT2D eigenvalue weighted by Crippen LogP contribution is -2.40. The molecule has 0 radical (unpaired) electrons. The summed E-state index contributed by atoms with van der Waals surface area (Å²) < 4.78 is 22.3. The third-order valence-electron chi connectivity index (χ3n) is 2.99. The average molecular weight is 201 g/mol. The van der Waals surface area contributed by atoms with Crippen molar-refractivity contribution in [3.05, 3.63) is 11.4 Å². The van der Waals surface area contributed by atoms with Crippen molar-refractivity contribution in [2.45, 2.75) is 32.2 Å². The van der Waals surface area contributed by atoms with Crippen molar-refractivity contribution in [1.29, 1.82) is 0 Å². The Morgan fingerprint density at radius 2 is 1.77 bits per heavy atom.